The lowest BCUT2D eigenvalue weighted by atomic mass is 10.0. The van der Waals surface area contributed by atoms with Crippen LogP contribution < -0.4 is 0 Å². The van der Waals surface area contributed by atoms with E-state index in [0.29, 0.717) is 0 Å². The van der Waals surface area contributed by atoms with Crippen LogP contribution in [0.25, 0.3) is 23.3 Å². The summed E-state index contributed by atoms with van der Waals surface area (Å²) in [5, 5.41) is 0. The molecule has 0 fully saturated rings. The first-order valence-corrected chi connectivity index (χ1v) is 6.76. The molecule has 0 heterocycles. The van der Waals surface area contributed by atoms with Gasteiger partial charge in [0, 0.05) is 0 Å². The second kappa shape index (κ2) is 6.21. The molecule has 2 aromatic carbocycles. The number of hydrogen-bond acceptors (Lipinski definition) is 0. The third-order valence-corrected chi connectivity index (χ3v) is 3.28. The van der Waals surface area contributed by atoms with Crippen LogP contribution in [-0.2, 0) is 0 Å². The van der Waals surface area contributed by atoms with Crippen LogP contribution in [0.2, 0.25) is 0 Å². The number of allylic oxidation sites excluding steroid dienone is 2. The number of rotatable bonds is 4. The minimum absolute atomic E-state index is 1.09. The fourth-order valence-corrected chi connectivity index (χ4v) is 1.95. The maximum atomic E-state index is 3.95. The van der Waals surface area contributed by atoms with Crippen molar-refractivity contribution in [1.29, 1.82) is 0 Å². The molecule has 0 aromatic heterocycles. The van der Waals surface area contributed by atoms with Gasteiger partial charge < -0.3 is 0 Å². The van der Waals surface area contributed by atoms with Crippen molar-refractivity contribution in [2.24, 2.45) is 0 Å². The minimum Gasteiger partial charge on any atom is -0.0955 e. The highest BCUT2D eigenvalue weighted by Gasteiger charge is 1.94. The maximum absolute atomic E-state index is 3.95. The van der Waals surface area contributed by atoms with Gasteiger partial charge in [-0.2, -0.15) is 0 Å². The van der Waals surface area contributed by atoms with E-state index in [0.717, 1.165) is 11.1 Å². The van der Waals surface area contributed by atoms with Crippen molar-refractivity contribution >= 4 is 23.3 Å². The molecule has 0 unspecified atom stereocenters. The topological polar surface area (TPSA) is 0 Å². The SMILES string of the molecule is C=C(C)c1ccc(/C=C/c2ccc(C(=C)C)cc2)cc1. The van der Waals surface area contributed by atoms with Crippen molar-refractivity contribution in [3.63, 3.8) is 0 Å². The van der Waals surface area contributed by atoms with Gasteiger partial charge in [0.25, 0.3) is 0 Å². The summed E-state index contributed by atoms with van der Waals surface area (Å²) < 4.78 is 0. The molecule has 0 saturated heterocycles. The summed E-state index contributed by atoms with van der Waals surface area (Å²) in [6, 6.07) is 16.9. The lowest BCUT2D eigenvalue weighted by molar-refractivity contribution is 1.55. The van der Waals surface area contributed by atoms with Gasteiger partial charge in [0.15, 0.2) is 0 Å². The third kappa shape index (κ3) is 3.58. The van der Waals surface area contributed by atoms with Gasteiger partial charge in [-0.1, -0.05) is 85.0 Å². The largest absolute Gasteiger partial charge is 0.0955 e. The maximum Gasteiger partial charge on any atom is -0.0233 e. The van der Waals surface area contributed by atoms with Crippen LogP contribution in [0.4, 0.5) is 0 Å². The second-order valence-corrected chi connectivity index (χ2v) is 5.14. The van der Waals surface area contributed by atoms with E-state index in [4.69, 9.17) is 0 Å². The van der Waals surface area contributed by atoms with Gasteiger partial charge in [0.1, 0.15) is 0 Å². The first-order valence-electron chi connectivity index (χ1n) is 6.76. The summed E-state index contributed by atoms with van der Waals surface area (Å²) in [4.78, 5) is 0. The van der Waals surface area contributed by atoms with E-state index in [2.05, 4.69) is 73.8 Å². The van der Waals surface area contributed by atoms with Crippen molar-refractivity contribution < 1.29 is 0 Å². The Morgan fingerprint density at radius 1 is 0.650 bits per heavy atom. The molecule has 0 amide bonds. The molecule has 0 aliphatic rings. The van der Waals surface area contributed by atoms with E-state index in [9.17, 15) is 0 Å². The highest BCUT2D eigenvalue weighted by molar-refractivity contribution is 5.72. The highest BCUT2D eigenvalue weighted by atomic mass is 14.0. The molecule has 20 heavy (non-hydrogen) atoms. The minimum atomic E-state index is 1.09. The van der Waals surface area contributed by atoms with Gasteiger partial charge in [0.2, 0.25) is 0 Å². The van der Waals surface area contributed by atoms with Gasteiger partial charge in [-0.3, -0.25) is 0 Å². The van der Waals surface area contributed by atoms with Gasteiger partial charge in [0.05, 0.1) is 0 Å². The molecular weight excluding hydrogens is 240 g/mol. The van der Waals surface area contributed by atoms with E-state index in [1.54, 1.807) is 0 Å². The van der Waals surface area contributed by atoms with Crippen LogP contribution in [0.5, 0.6) is 0 Å². The van der Waals surface area contributed by atoms with Crippen molar-refractivity contribution in [2.45, 2.75) is 13.8 Å². The number of benzene rings is 2. The van der Waals surface area contributed by atoms with Crippen LogP contribution in [0.15, 0.2) is 61.7 Å². The molecule has 0 bridgehead atoms. The van der Waals surface area contributed by atoms with Crippen LogP contribution in [0.1, 0.15) is 36.1 Å². The standard InChI is InChI=1S/C20H20/c1-15(2)19-11-7-17(8-12-19)5-6-18-9-13-20(14-10-18)16(3)4/h5-14H,1,3H2,2,4H3/b6-5+. The van der Waals surface area contributed by atoms with E-state index in [1.165, 1.54) is 22.3 Å². The Hall–Kier alpha value is -2.34. The molecule has 0 aliphatic carbocycles. The summed E-state index contributed by atoms with van der Waals surface area (Å²) in [6.07, 6.45) is 4.25. The molecule has 2 rings (SSSR count). The summed E-state index contributed by atoms with van der Waals surface area (Å²) in [7, 11) is 0. The zero-order valence-electron chi connectivity index (χ0n) is 12.2. The average Bonchev–Trinajstić information content (AvgIpc) is 2.46. The Labute approximate surface area is 121 Å². The Kier molecular flexibility index (Phi) is 4.37. The first kappa shape index (κ1) is 14.1. The van der Waals surface area contributed by atoms with E-state index >= 15 is 0 Å². The van der Waals surface area contributed by atoms with Gasteiger partial charge in [-0.05, 0) is 36.1 Å². The lowest BCUT2D eigenvalue weighted by Crippen LogP contribution is -1.79. The predicted octanol–water partition coefficient (Wildman–Crippen LogP) is 5.92. The normalized spacial score (nSPS) is 10.7. The monoisotopic (exact) mass is 260 g/mol. The summed E-state index contributed by atoms with van der Waals surface area (Å²) in [5.74, 6) is 0. The fourth-order valence-electron chi connectivity index (χ4n) is 1.95. The van der Waals surface area contributed by atoms with Gasteiger partial charge >= 0.3 is 0 Å². The molecule has 0 radical (unpaired) electrons. The van der Waals surface area contributed by atoms with Crippen molar-refractivity contribution in [3.05, 3.63) is 83.9 Å². The Morgan fingerprint density at radius 2 is 0.950 bits per heavy atom. The van der Waals surface area contributed by atoms with Gasteiger partial charge in [-0.25, -0.2) is 0 Å². The second-order valence-electron chi connectivity index (χ2n) is 5.14. The Bertz CT molecular complexity index is 578. The summed E-state index contributed by atoms with van der Waals surface area (Å²) in [5.41, 5.74) is 6.95. The molecule has 100 valence electrons. The van der Waals surface area contributed by atoms with Crippen LogP contribution in [0.3, 0.4) is 0 Å². The summed E-state index contributed by atoms with van der Waals surface area (Å²) >= 11 is 0. The number of hydrogen-bond donors (Lipinski definition) is 0. The molecule has 0 N–H and O–H groups in total. The van der Waals surface area contributed by atoms with Crippen molar-refractivity contribution in [3.8, 4) is 0 Å². The Morgan fingerprint density at radius 3 is 1.20 bits per heavy atom. The molecule has 0 aliphatic heterocycles. The molecule has 0 heteroatoms. The molecule has 0 atom stereocenters. The lowest BCUT2D eigenvalue weighted by Gasteiger charge is -2.01. The zero-order valence-corrected chi connectivity index (χ0v) is 12.2. The zero-order chi connectivity index (χ0) is 14.5. The average molecular weight is 260 g/mol. The highest BCUT2D eigenvalue weighted by Crippen LogP contribution is 2.16. The molecule has 0 spiro atoms. The molecular formula is C20H20. The van der Waals surface area contributed by atoms with Crippen LogP contribution >= 0.6 is 0 Å². The van der Waals surface area contributed by atoms with Crippen molar-refractivity contribution in [2.75, 3.05) is 0 Å². The molecule has 2 aromatic rings. The van der Waals surface area contributed by atoms with E-state index in [-0.39, 0.29) is 0 Å². The smallest absolute Gasteiger partial charge is 0.0233 e. The van der Waals surface area contributed by atoms with Crippen LogP contribution in [0, 0.1) is 0 Å². The van der Waals surface area contributed by atoms with E-state index < -0.39 is 0 Å². The first-order chi connectivity index (χ1) is 9.56. The summed E-state index contributed by atoms with van der Waals surface area (Å²) in [6.45, 7) is 11.9. The van der Waals surface area contributed by atoms with Crippen LogP contribution in [-0.4, -0.2) is 0 Å². The quantitative estimate of drug-likeness (QED) is 0.598. The predicted molar refractivity (Wildman–Crippen MR) is 91.2 cm³/mol. The van der Waals surface area contributed by atoms with E-state index in [1.807, 2.05) is 13.8 Å². The molecule has 0 nitrogen and oxygen atoms in total. The van der Waals surface area contributed by atoms with Gasteiger partial charge in [-0.15, -0.1) is 0 Å². The van der Waals surface area contributed by atoms with Crippen molar-refractivity contribution in [1.82, 2.24) is 0 Å². The fraction of sp³-hybridized carbons (Fsp3) is 0.100. The Balaban J connectivity index is 2.12. The molecule has 0 saturated carbocycles. The third-order valence-electron chi connectivity index (χ3n) is 3.28.